The van der Waals surface area contributed by atoms with Gasteiger partial charge in [-0.1, -0.05) is 40.9 Å². The van der Waals surface area contributed by atoms with Gasteiger partial charge in [-0.25, -0.2) is 0 Å². The van der Waals surface area contributed by atoms with Crippen molar-refractivity contribution in [2.45, 2.75) is 12.8 Å². The Morgan fingerprint density at radius 2 is 1.68 bits per heavy atom. The van der Waals surface area contributed by atoms with Crippen molar-refractivity contribution in [3.8, 4) is 0 Å². The van der Waals surface area contributed by atoms with Crippen LogP contribution in [0.5, 0.6) is 0 Å². The molecular formula is C18H14BrCl3N2O4. The van der Waals surface area contributed by atoms with Crippen LogP contribution in [0.1, 0.15) is 12.8 Å². The quantitative estimate of drug-likeness (QED) is 0.497. The lowest BCUT2D eigenvalue weighted by molar-refractivity contribution is -0.147. The third-order valence-corrected chi connectivity index (χ3v) is 5.40. The fourth-order valence-electron chi connectivity index (χ4n) is 2.02. The molecule has 0 radical (unpaired) electrons. The maximum absolute atomic E-state index is 11.9. The molecule has 0 saturated carbocycles. The molecule has 0 aromatic heterocycles. The van der Waals surface area contributed by atoms with Gasteiger partial charge in [-0.05, 0) is 46.3 Å². The van der Waals surface area contributed by atoms with E-state index in [4.69, 9.17) is 39.5 Å². The van der Waals surface area contributed by atoms with E-state index < -0.39 is 24.4 Å². The number of carbonyl (C=O) groups excluding carboxylic acids is 3. The van der Waals surface area contributed by atoms with Crippen molar-refractivity contribution in [1.82, 2.24) is 0 Å². The summed E-state index contributed by atoms with van der Waals surface area (Å²) in [5.74, 6) is -1.65. The van der Waals surface area contributed by atoms with Crippen LogP contribution in [0, 0.1) is 0 Å². The summed E-state index contributed by atoms with van der Waals surface area (Å²) in [5, 5.41) is 6.05. The molecule has 2 N–H and O–H groups in total. The van der Waals surface area contributed by atoms with Gasteiger partial charge < -0.3 is 15.4 Å². The number of hydrogen-bond acceptors (Lipinski definition) is 4. The molecule has 148 valence electrons. The lowest BCUT2D eigenvalue weighted by Crippen LogP contribution is -2.21. The van der Waals surface area contributed by atoms with Gasteiger partial charge in [0.05, 0.1) is 27.2 Å². The van der Waals surface area contributed by atoms with Gasteiger partial charge in [0.15, 0.2) is 6.61 Å². The summed E-state index contributed by atoms with van der Waals surface area (Å²) in [6.07, 6.45) is -0.326. The van der Waals surface area contributed by atoms with Crippen LogP contribution in [-0.2, 0) is 19.1 Å². The summed E-state index contributed by atoms with van der Waals surface area (Å²) in [4.78, 5) is 35.4. The van der Waals surface area contributed by atoms with Gasteiger partial charge in [-0.2, -0.15) is 0 Å². The Morgan fingerprint density at radius 1 is 0.929 bits per heavy atom. The molecule has 6 nitrogen and oxygen atoms in total. The molecule has 0 fully saturated rings. The Balaban J connectivity index is 1.73. The van der Waals surface area contributed by atoms with Crippen molar-refractivity contribution in [2.75, 3.05) is 17.2 Å². The summed E-state index contributed by atoms with van der Waals surface area (Å²) in [7, 11) is 0. The molecule has 0 bridgehead atoms. The molecule has 0 aliphatic heterocycles. The number of benzene rings is 2. The van der Waals surface area contributed by atoms with E-state index in [-0.39, 0.29) is 17.9 Å². The zero-order chi connectivity index (χ0) is 20.7. The minimum absolute atomic E-state index is 0.133. The first-order valence-corrected chi connectivity index (χ1v) is 9.83. The van der Waals surface area contributed by atoms with E-state index >= 15 is 0 Å². The van der Waals surface area contributed by atoms with Gasteiger partial charge in [0.2, 0.25) is 5.91 Å². The van der Waals surface area contributed by atoms with Crippen LogP contribution < -0.4 is 10.6 Å². The van der Waals surface area contributed by atoms with Crippen molar-refractivity contribution in [3.63, 3.8) is 0 Å². The number of carbonyl (C=O) groups is 3. The summed E-state index contributed by atoms with van der Waals surface area (Å²) < 4.78 is 5.54. The van der Waals surface area contributed by atoms with Crippen LogP contribution in [-0.4, -0.2) is 24.4 Å². The zero-order valence-electron chi connectivity index (χ0n) is 14.2. The first kappa shape index (κ1) is 22.5. The van der Waals surface area contributed by atoms with E-state index in [1.165, 1.54) is 0 Å². The number of hydrogen-bond donors (Lipinski definition) is 2. The Bertz CT molecular complexity index is 908. The molecule has 0 aliphatic carbocycles. The van der Waals surface area contributed by atoms with Gasteiger partial charge in [0.1, 0.15) is 0 Å². The number of halogens is 4. The molecule has 0 aliphatic rings. The fourth-order valence-corrected chi connectivity index (χ4v) is 2.79. The van der Waals surface area contributed by atoms with Crippen molar-refractivity contribution in [3.05, 3.63) is 55.9 Å². The average molecular weight is 509 g/mol. The molecule has 2 aromatic rings. The molecule has 28 heavy (non-hydrogen) atoms. The molecule has 0 atom stereocenters. The SMILES string of the molecule is O=C(COC(=O)CCC(=O)Nc1cccc(Cl)c1Cl)Nc1ccc(Br)c(Cl)c1. The van der Waals surface area contributed by atoms with E-state index in [1.54, 1.807) is 36.4 Å². The highest BCUT2D eigenvalue weighted by atomic mass is 79.9. The van der Waals surface area contributed by atoms with E-state index in [1.807, 2.05) is 0 Å². The Hall–Kier alpha value is -1.80. The first-order chi connectivity index (χ1) is 13.3. The molecule has 2 amide bonds. The molecule has 0 unspecified atom stereocenters. The molecule has 0 spiro atoms. The van der Waals surface area contributed by atoms with Gasteiger partial charge >= 0.3 is 5.97 Å². The smallest absolute Gasteiger partial charge is 0.306 e. The van der Waals surface area contributed by atoms with Crippen LogP contribution >= 0.6 is 50.7 Å². The highest BCUT2D eigenvalue weighted by Gasteiger charge is 2.13. The highest BCUT2D eigenvalue weighted by molar-refractivity contribution is 9.10. The molecular weight excluding hydrogens is 494 g/mol. The molecule has 0 saturated heterocycles. The molecule has 0 heterocycles. The Kier molecular flexibility index (Phi) is 8.57. The number of amides is 2. The monoisotopic (exact) mass is 506 g/mol. The first-order valence-electron chi connectivity index (χ1n) is 7.90. The molecule has 2 rings (SSSR count). The van der Waals surface area contributed by atoms with Crippen LogP contribution in [0.2, 0.25) is 15.1 Å². The second-order valence-electron chi connectivity index (χ2n) is 5.49. The van der Waals surface area contributed by atoms with E-state index in [9.17, 15) is 14.4 Å². The summed E-state index contributed by atoms with van der Waals surface area (Å²) in [6.45, 7) is -0.478. The van der Waals surface area contributed by atoms with Crippen LogP contribution in [0.25, 0.3) is 0 Å². The summed E-state index contributed by atoms with van der Waals surface area (Å²) in [6, 6.07) is 9.68. The number of nitrogens with one attached hydrogen (secondary N) is 2. The fraction of sp³-hybridized carbons (Fsp3) is 0.167. The Labute approximate surface area is 184 Å². The van der Waals surface area contributed by atoms with Gasteiger partial charge in [0.25, 0.3) is 5.91 Å². The van der Waals surface area contributed by atoms with Crippen molar-refractivity contribution in [1.29, 1.82) is 0 Å². The predicted molar refractivity (Wildman–Crippen MR) is 113 cm³/mol. The van der Waals surface area contributed by atoms with E-state index in [2.05, 4.69) is 26.6 Å². The van der Waals surface area contributed by atoms with Crippen LogP contribution in [0.4, 0.5) is 11.4 Å². The molecule has 10 heteroatoms. The number of esters is 1. The van der Waals surface area contributed by atoms with Crippen LogP contribution in [0.15, 0.2) is 40.9 Å². The second-order valence-corrected chi connectivity index (χ2v) is 7.53. The van der Waals surface area contributed by atoms with Gasteiger partial charge in [-0.3, -0.25) is 14.4 Å². The van der Waals surface area contributed by atoms with Crippen molar-refractivity contribution >= 4 is 79.9 Å². The Morgan fingerprint density at radius 3 is 2.39 bits per heavy atom. The number of anilines is 2. The summed E-state index contributed by atoms with van der Waals surface area (Å²) >= 11 is 21.0. The maximum Gasteiger partial charge on any atom is 0.306 e. The van der Waals surface area contributed by atoms with E-state index in [0.29, 0.717) is 25.9 Å². The standard InChI is InChI=1S/C18H14BrCl3N2O4/c19-11-5-4-10(8-13(11)21)23-16(26)9-28-17(27)7-6-15(25)24-14-3-1-2-12(20)18(14)22/h1-5,8H,6-7,9H2,(H,23,26)(H,24,25). The minimum Gasteiger partial charge on any atom is -0.456 e. The average Bonchev–Trinajstić information content (AvgIpc) is 2.65. The van der Waals surface area contributed by atoms with E-state index in [0.717, 1.165) is 0 Å². The van der Waals surface area contributed by atoms with Crippen molar-refractivity contribution < 1.29 is 19.1 Å². The largest absolute Gasteiger partial charge is 0.456 e. The lowest BCUT2D eigenvalue weighted by atomic mass is 10.2. The third-order valence-electron chi connectivity index (χ3n) is 3.35. The lowest BCUT2D eigenvalue weighted by Gasteiger charge is -2.09. The number of ether oxygens (including phenoxy) is 1. The second kappa shape index (κ2) is 10.7. The van der Waals surface area contributed by atoms with Crippen LogP contribution in [0.3, 0.4) is 0 Å². The summed E-state index contributed by atoms with van der Waals surface area (Å²) in [5.41, 5.74) is 0.812. The van der Waals surface area contributed by atoms with Gasteiger partial charge in [0, 0.05) is 16.6 Å². The number of rotatable bonds is 7. The van der Waals surface area contributed by atoms with Gasteiger partial charge in [-0.15, -0.1) is 0 Å². The van der Waals surface area contributed by atoms with Crippen molar-refractivity contribution in [2.24, 2.45) is 0 Å². The zero-order valence-corrected chi connectivity index (χ0v) is 18.1. The highest BCUT2D eigenvalue weighted by Crippen LogP contribution is 2.29. The maximum atomic E-state index is 11.9. The normalized spacial score (nSPS) is 10.3. The topological polar surface area (TPSA) is 84.5 Å². The molecule has 2 aromatic carbocycles. The third kappa shape index (κ3) is 6.98. The predicted octanol–water partition coefficient (Wildman–Crippen LogP) is 5.31. The minimum atomic E-state index is -0.684.